The lowest BCUT2D eigenvalue weighted by Crippen LogP contribution is -2.28. The number of carbonyl (C=O) groups is 1. The first-order valence-corrected chi connectivity index (χ1v) is 8.32. The molecule has 0 spiro atoms. The van der Waals surface area contributed by atoms with E-state index in [-0.39, 0.29) is 25.0 Å². The van der Waals surface area contributed by atoms with Crippen LogP contribution in [0.25, 0.3) is 0 Å². The van der Waals surface area contributed by atoms with Gasteiger partial charge in [0.1, 0.15) is 0 Å². The van der Waals surface area contributed by atoms with Gasteiger partial charge in [-0.05, 0) is 18.2 Å². The molecule has 118 valence electrons. The molecule has 4 N–H and O–H groups in total. The lowest BCUT2D eigenvalue weighted by Gasteiger charge is -2.14. The minimum atomic E-state index is -3.40. The summed E-state index contributed by atoms with van der Waals surface area (Å²) >= 11 is 5.97. The molecule has 7 nitrogen and oxygen atoms in total. The normalized spacial score (nSPS) is 12.8. The molecule has 21 heavy (non-hydrogen) atoms. The van der Waals surface area contributed by atoms with Crippen LogP contribution in [0.4, 0.5) is 11.4 Å². The predicted molar refractivity (Wildman–Crippen MR) is 83.0 cm³/mol. The zero-order valence-corrected chi connectivity index (χ0v) is 13.3. The summed E-state index contributed by atoms with van der Waals surface area (Å²) in [6, 6.07) is 4.42. The average molecular weight is 336 g/mol. The van der Waals surface area contributed by atoms with Crippen LogP contribution in [0.1, 0.15) is 6.42 Å². The van der Waals surface area contributed by atoms with Crippen LogP contribution >= 0.6 is 11.6 Å². The van der Waals surface area contributed by atoms with Crippen molar-refractivity contribution >= 4 is 38.9 Å². The number of methoxy groups -OCH3 is 1. The van der Waals surface area contributed by atoms with Crippen molar-refractivity contribution in [1.82, 2.24) is 0 Å². The van der Waals surface area contributed by atoms with Crippen molar-refractivity contribution in [1.29, 1.82) is 0 Å². The Hall–Kier alpha value is -1.35. The van der Waals surface area contributed by atoms with E-state index in [1.54, 1.807) is 0 Å². The second kappa shape index (κ2) is 7.60. The number of sulfonamides is 1. The average Bonchev–Trinajstić information content (AvgIpc) is 2.38. The van der Waals surface area contributed by atoms with E-state index in [1.807, 2.05) is 0 Å². The first-order valence-electron chi connectivity index (χ1n) is 6.05. The van der Waals surface area contributed by atoms with E-state index in [0.717, 1.165) is 6.26 Å². The van der Waals surface area contributed by atoms with Gasteiger partial charge < -0.3 is 15.8 Å². The van der Waals surface area contributed by atoms with Gasteiger partial charge in [0, 0.05) is 13.7 Å². The highest BCUT2D eigenvalue weighted by Gasteiger charge is 2.13. The van der Waals surface area contributed by atoms with Gasteiger partial charge in [-0.3, -0.25) is 9.52 Å². The summed E-state index contributed by atoms with van der Waals surface area (Å²) < 4.78 is 29.7. The Morgan fingerprint density at radius 1 is 1.48 bits per heavy atom. The first-order chi connectivity index (χ1) is 9.75. The Morgan fingerprint density at radius 2 is 2.14 bits per heavy atom. The molecule has 0 bridgehead atoms. The minimum Gasteiger partial charge on any atom is -0.380 e. The van der Waals surface area contributed by atoms with Crippen molar-refractivity contribution in [2.24, 2.45) is 5.73 Å². The molecule has 0 aliphatic rings. The molecule has 9 heteroatoms. The monoisotopic (exact) mass is 335 g/mol. The number of rotatable bonds is 7. The fourth-order valence-corrected chi connectivity index (χ4v) is 2.29. The van der Waals surface area contributed by atoms with Crippen LogP contribution in [0, 0.1) is 0 Å². The highest BCUT2D eigenvalue weighted by molar-refractivity contribution is 7.92. The molecule has 0 radical (unpaired) electrons. The number of ether oxygens (including phenoxy) is 1. The van der Waals surface area contributed by atoms with Gasteiger partial charge in [-0.1, -0.05) is 11.6 Å². The van der Waals surface area contributed by atoms with E-state index in [9.17, 15) is 13.2 Å². The zero-order chi connectivity index (χ0) is 16.0. The minimum absolute atomic E-state index is 0.0764. The lowest BCUT2D eigenvalue weighted by atomic mass is 10.2. The molecule has 1 rings (SSSR count). The van der Waals surface area contributed by atoms with Gasteiger partial charge in [0.15, 0.2) is 0 Å². The van der Waals surface area contributed by atoms with E-state index >= 15 is 0 Å². The Morgan fingerprint density at radius 3 is 2.67 bits per heavy atom. The summed E-state index contributed by atoms with van der Waals surface area (Å²) in [6.45, 7) is 0.216. The Kier molecular flexibility index (Phi) is 6.41. The van der Waals surface area contributed by atoms with Crippen LogP contribution in [0.3, 0.4) is 0 Å². The number of carbonyl (C=O) groups excluding carboxylic acids is 1. The maximum Gasteiger partial charge on any atom is 0.229 e. The van der Waals surface area contributed by atoms with E-state index in [4.69, 9.17) is 22.1 Å². The van der Waals surface area contributed by atoms with Crippen molar-refractivity contribution in [2.75, 3.05) is 29.9 Å². The summed E-state index contributed by atoms with van der Waals surface area (Å²) in [4.78, 5) is 11.8. The molecule has 1 unspecified atom stereocenters. The maximum atomic E-state index is 11.8. The number of halogens is 1. The van der Waals surface area contributed by atoms with Crippen molar-refractivity contribution in [3.05, 3.63) is 23.2 Å². The van der Waals surface area contributed by atoms with Crippen molar-refractivity contribution in [3.63, 3.8) is 0 Å². The summed E-state index contributed by atoms with van der Waals surface area (Å²) in [7, 11) is -1.94. The molecule has 0 aliphatic carbocycles. The molecule has 1 aromatic rings. The number of hydrogen-bond acceptors (Lipinski definition) is 5. The molecule has 0 heterocycles. The van der Waals surface area contributed by atoms with E-state index in [0.29, 0.717) is 16.4 Å². The maximum absolute atomic E-state index is 11.8. The second-order valence-corrected chi connectivity index (χ2v) is 6.57. The quantitative estimate of drug-likeness (QED) is 0.688. The third kappa shape index (κ3) is 6.30. The van der Waals surface area contributed by atoms with E-state index < -0.39 is 10.0 Å². The van der Waals surface area contributed by atoms with Gasteiger partial charge >= 0.3 is 0 Å². The van der Waals surface area contributed by atoms with Crippen LogP contribution in [-0.2, 0) is 19.6 Å². The van der Waals surface area contributed by atoms with E-state index in [1.165, 1.54) is 25.3 Å². The molecule has 0 fully saturated rings. The third-order valence-corrected chi connectivity index (χ3v) is 3.49. The van der Waals surface area contributed by atoms with Gasteiger partial charge in [-0.25, -0.2) is 8.42 Å². The first kappa shape index (κ1) is 17.7. The van der Waals surface area contributed by atoms with Crippen molar-refractivity contribution in [2.45, 2.75) is 12.5 Å². The number of hydrogen-bond donors (Lipinski definition) is 3. The number of nitrogens with two attached hydrogens (primary N) is 1. The van der Waals surface area contributed by atoms with Crippen LogP contribution in [0.2, 0.25) is 5.02 Å². The highest BCUT2D eigenvalue weighted by atomic mass is 35.5. The van der Waals surface area contributed by atoms with Gasteiger partial charge in [-0.2, -0.15) is 0 Å². The lowest BCUT2D eigenvalue weighted by molar-refractivity contribution is -0.118. The van der Waals surface area contributed by atoms with Crippen molar-refractivity contribution < 1.29 is 17.9 Å². The third-order valence-electron chi connectivity index (χ3n) is 2.55. The summed E-state index contributed by atoms with van der Waals surface area (Å²) in [5.41, 5.74) is 6.05. The molecule has 0 saturated heterocycles. The molecule has 0 aromatic heterocycles. The fourth-order valence-electron chi connectivity index (χ4n) is 1.57. The van der Waals surface area contributed by atoms with Gasteiger partial charge in [0.05, 0.1) is 35.2 Å². The SMILES string of the molecule is COC(CN)CC(=O)Nc1cc(NS(C)(=O)=O)ccc1Cl. The summed E-state index contributed by atoms with van der Waals surface area (Å²) in [5, 5.41) is 2.89. The number of amides is 1. The molecule has 0 saturated carbocycles. The van der Waals surface area contributed by atoms with Crippen LogP contribution in [0.5, 0.6) is 0 Å². The smallest absolute Gasteiger partial charge is 0.229 e. The zero-order valence-electron chi connectivity index (χ0n) is 11.7. The number of benzene rings is 1. The van der Waals surface area contributed by atoms with Crippen LogP contribution in [-0.4, -0.2) is 40.3 Å². The van der Waals surface area contributed by atoms with Gasteiger partial charge in [-0.15, -0.1) is 0 Å². The fraction of sp³-hybridized carbons (Fsp3) is 0.417. The molecular weight excluding hydrogens is 318 g/mol. The second-order valence-electron chi connectivity index (χ2n) is 4.41. The largest absolute Gasteiger partial charge is 0.380 e. The standard InChI is InChI=1S/C12H18ClN3O4S/c1-20-9(7-14)6-12(17)15-11-5-8(3-4-10(11)13)16-21(2,18)19/h3-5,9,16H,6-7,14H2,1-2H3,(H,15,17). The molecular formula is C12H18ClN3O4S. The molecule has 1 atom stereocenters. The number of nitrogens with one attached hydrogen (secondary N) is 2. The Labute approximate surface area is 128 Å². The Bertz CT molecular complexity index is 603. The van der Waals surface area contributed by atoms with Gasteiger partial charge in [0.25, 0.3) is 0 Å². The molecule has 1 amide bonds. The summed E-state index contributed by atoms with van der Waals surface area (Å²) in [6.07, 6.45) is 0.721. The van der Waals surface area contributed by atoms with E-state index in [2.05, 4.69) is 10.0 Å². The van der Waals surface area contributed by atoms with Crippen LogP contribution < -0.4 is 15.8 Å². The number of anilines is 2. The van der Waals surface area contributed by atoms with Gasteiger partial charge in [0.2, 0.25) is 15.9 Å². The predicted octanol–water partition coefficient (Wildman–Crippen LogP) is 1.01. The topological polar surface area (TPSA) is 111 Å². The molecule has 0 aliphatic heterocycles. The van der Waals surface area contributed by atoms with Crippen molar-refractivity contribution in [3.8, 4) is 0 Å². The van der Waals surface area contributed by atoms with Crippen LogP contribution in [0.15, 0.2) is 18.2 Å². The summed E-state index contributed by atoms with van der Waals surface area (Å²) in [5.74, 6) is -0.328. The molecule has 1 aromatic carbocycles. The Balaban J connectivity index is 2.82. The highest BCUT2D eigenvalue weighted by Crippen LogP contribution is 2.26.